The minimum absolute atomic E-state index is 0.0123. The number of benzene rings is 1. The van der Waals surface area contributed by atoms with Crippen molar-refractivity contribution in [2.75, 3.05) is 6.54 Å². The van der Waals surface area contributed by atoms with Gasteiger partial charge in [0.05, 0.1) is 0 Å². The number of nitrogens with two attached hydrogens (primary N) is 1. The highest BCUT2D eigenvalue weighted by Gasteiger charge is 2.31. The standard InChI is InChI=1S/C21H34N4O/c1-2-3-4-5-6-7-9-17-11-13-18(14-12-17)16-24-20(26)19-10-8-15-25(19)21(22)23/h11-14,19H,2-10,15-16H2,1H3,(H3,22,23)(H,24,26)/t19-/m0/s1. The molecule has 0 unspecified atom stereocenters. The molecule has 1 fully saturated rings. The molecule has 4 N–H and O–H groups in total. The predicted molar refractivity (Wildman–Crippen MR) is 107 cm³/mol. The van der Waals surface area contributed by atoms with Crippen molar-refractivity contribution >= 4 is 11.9 Å². The van der Waals surface area contributed by atoms with Crippen LogP contribution in [-0.2, 0) is 17.8 Å². The van der Waals surface area contributed by atoms with Crippen molar-refractivity contribution < 1.29 is 4.79 Å². The van der Waals surface area contributed by atoms with Crippen LogP contribution in [0.15, 0.2) is 24.3 Å². The fourth-order valence-corrected chi connectivity index (χ4v) is 3.57. The fourth-order valence-electron chi connectivity index (χ4n) is 3.57. The molecule has 0 radical (unpaired) electrons. The van der Waals surface area contributed by atoms with Crippen LogP contribution in [0.5, 0.6) is 0 Å². The van der Waals surface area contributed by atoms with E-state index in [0.717, 1.165) is 24.8 Å². The number of hydrogen-bond donors (Lipinski definition) is 3. The van der Waals surface area contributed by atoms with E-state index in [4.69, 9.17) is 11.1 Å². The van der Waals surface area contributed by atoms with Gasteiger partial charge in [-0.15, -0.1) is 0 Å². The number of amides is 1. The molecule has 1 aliphatic rings. The third-order valence-electron chi connectivity index (χ3n) is 5.17. The van der Waals surface area contributed by atoms with E-state index >= 15 is 0 Å². The lowest BCUT2D eigenvalue weighted by Gasteiger charge is -2.23. The zero-order valence-corrected chi connectivity index (χ0v) is 16.1. The van der Waals surface area contributed by atoms with E-state index in [1.807, 2.05) is 0 Å². The summed E-state index contributed by atoms with van der Waals surface area (Å²) in [5.74, 6) is -0.0458. The Morgan fingerprint density at radius 1 is 1.15 bits per heavy atom. The minimum atomic E-state index is -0.292. The number of aryl methyl sites for hydroxylation is 1. The molecule has 0 saturated carbocycles. The second-order valence-corrected chi connectivity index (χ2v) is 7.29. The SMILES string of the molecule is CCCCCCCCc1ccc(CNC(=O)[C@@H]2CCCN2C(=N)N)cc1. The first-order valence-corrected chi connectivity index (χ1v) is 10.1. The van der Waals surface area contributed by atoms with Crippen molar-refractivity contribution in [3.63, 3.8) is 0 Å². The molecule has 1 aromatic carbocycles. The van der Waals surface area contributed by atoms with E-state index < -0.39 is 0 Å². The summed E-state index contributed by atoms with van der Waals surface area (Å²) in [4.78, 5) is 14.0. The second-order valence-electron chi connectivity index (χ2n) is 7.29. The molecular formula is C21H34N4O. The maximum Gasteiger partial charge on any atom is 0.243 e. The van der Waals surface area contributed by atoms with Crippen LogP contribution in [0.3, 0.4) is 0 Å². The largest absolute Gasteiger partial charge is 0.370 e. The first kappa shape index (κ1) is 20.3. The van der Waals surface area contributed by atoms with E-state index in [1.165, 1.54) is 44.1 Å². The number of unbranched alkanes of at least 4 members (excludes halogenated alkanes) is 5. The lowest BCUT2D eigenvalue weighted by Crippen LogP contribution is -2.48. The Balaban J connectivity index is 1.70. The van der Waals surface area contributed by atoms with Gasteiger partial charge >= 0.3 is 0 Å². The molecule has 5 nitrogen and oxygen atoms in total. The number of guanidine groups is 1. The number of carbonyl (C=O) groups excluding carboxylic acids is 1. The lowest BCUT2D eigenvalue weighted by atomic mass is 10.0. The molecule has 1 heterocycles. The average molecular weight is 359 g/mol. The topological polar surface area (TPSA) is 82.2 Å². The van der Waals surface area contributed by atoms with Crippen molar-refractivity contribution in [3.05, 3.63) is 35.4 Å². The Kier molecular flexibility index (Phi) is 8.45. The number of likely N-dealkylation sites (tertiary alicyclic amines) is 1. The summed E-state index contributed by atoms with van der Waals surface area (Å²) in [7, 11) is 0. The molecular weight excluding hydrogens is 324 g/mol. The van der Waals surface area contributed by atoms with Crippen LogP contribution in [0, 0.1) is 5.41 Å². The summed E-state index contributed by atoms with van der Waals surface area (Å²) < 4.78 is 0. The highest BCUT2D eigenvalue weighted by molar-refractivity contribution is 5.87. The second kappa shape index (κ2) is 10.8. The Labute approximate surface area is 157 Å². The summed E-state index contributed by atoms with van der Waals surface area (Å²) >= 11 is 0. The van der Waals surface area contributed by atoms with Crippen LogP contribution in [0.1, 0.15) is 69.4 Å². The van der Waals surface area contributed by atoms with Crippen LogP contribution >= 0.6 is 0 Å². The Bertz CT molecular complexity index is 570. The molecule has 1 aliphatic heterocycles. The van der Waals surface area contributed by atoms with Gasteiger partial charge in [0.25, 0.3) is 0 Å². The molecule has 0 aromatic heterocycles. The maximum absolute atomic E-state index is 12.3. The molecule has 0 spiro atoms. The first-order chi connectivity index (χ1) is 12.6. The number of nitrogens with zero attached hydrogens (tertiary/aromatic N) is 1. The minimum Gasteiger partial charge on any atom is -0.370 e. The molecule has 0 aliphatic carbocycles. The fraction of sp³-hybridized carbons (Fsp3) is 0.619. The highest BCUT2D eigenvalue weighted by atomic mass is 16.2. The van der Waals surface area contributed by atoms with Gasteiger partial charge in [0.1, 0.15) is 6.04 Å². The van der Waals surface area contributed by atoms with Crippen molar-refractivity contribution in [1.82, 2.24) is 10.2 Å². The molecule has 1 aromatic rings. The third-order valence-corrected chi connectivity index (χ3v) is 5.17. The molecule has 0 bridgehead atoms. The van der Waals surface area contributed by atoms with E-state index in [2.05, 4.69) is 36.5 Å². The van der Waals surface area contributed by atoms with E-state index in [9.17, 15) is 4.79 Å². The van der Waals surface area contributed by atoms with Gasteiger partial charge in [0.15, 0.2) is 5.96 Å². The summed E-state index contributed by atoms with van der Waals surface area (Å²) in [6.45, 7) is 3.47. The summed E-state index contributed by atoms with van der Waals surface area (Å²) in [6.07, 6.45) is 10.7. The van der Waals surface area contributed by atoms with Gasteiger partial charge in [-0.1, -0.05) is 63.3 Å². The normalized spacial score (nSPS) is 16.7. The first-order valence-electron chi connectivity index (χ1n) is 10.1. The van der Waals surface area contributed by atoms with Gasteiger partial charge in [0.2, 0.25) is 5.91 Å². The summed E-state index contributed by atoms with van der Waals surface area (Å²) in [5, 5.41) is 10.5. The van der Waals surface area contributed by atoms with Crippen LogP contribution < -0.4 is 11.1 Å². The monoisotopic (exact) mass is 358 g/mol. The van der Waals surface area contributed by atoms with E-state index in [-0.39, 0.29) is 17.9 Å². The van der Waals surface area contributed by atoms with Crippen molar-refractivity contribution in [2.45, 2.75) is 77.3 Å². The highest BCUT2D eigenvalue weighted by Crippen LogP contribution is 2.17. The Hall–Kier alpha value is -2.04. The van der Waals surface area contributed by atoms with E-state index in [1.54, 1.807) is 4.90 Å². The van der Waals surface area contributed by atoms with Gasteiger partial charge in [-0.05, 0) is 36.8 Å². The van der Waals surface area contributed by atoms with Gasteiger partial charge in [0, 0.05) is 13.1 Å². The lowest BCUT2D eigenvalue weighted by molar-refractivity contribution is -0.124. The summed E-state index contributed by atoms with van der Waals surface area (Å²) in [6, 6.07) is 8.25. The smallest absolute Gasteiger partial charge is 0.243 e. The molecule has 1 amide bonds. The van der Waals surface area contributed by atoms with Crippen molar-refractivity contribution in [3.8, 4) is 0 Å². The average Bonchev–Trinajstić information content (AvgIpc) is 3.14. The number of carbonyl (C=O) groups is 1. The molecule has 1 saturated heterocycles. The number of hydrogen-bond acceptors (Lipinski definition) is 2. The van der Waals surface area contributed by atoms with Gasteiger partial charge in [-0.25, -0.2) is 0 Å². The van der Waals surface area contributed by atoms with Crippen LogP contribution in [0.4, 0.5) is 0 Å². The number of rotatable bonds is 10. The quantitative estimate of drug-likeness (QED) is 0.340. The van der Waals surface area contributed by atoms with Crippen molar-refractivity contribution in [2.24, 2.45) is 5.73 Å². The zero-order chi connectivity index (χ0) is 18.8. The molecule has 26 heavy (non-hydrogen) atoms. The number of nitrogens with one attached hydrogen (secondary N) is 2. The predicted octanol–water partition coefficient (Wildman–Crippen LogP) is 3.56. The van der Waals surface area contributed by atoms with Crippen molar-refractivity contribution in [1.29, 1.82) is 5.41 Å². The molecule has 144 valence electrons. The van der Waals surface area contributed by atoms with Gasteiger partial charge in [-0.2, -0.15) is 0 Å². The van der Waals surface area contributed by atoms with Crippen LogP contribution in [0.2, 0.25) is 0 Å². The maximum atomic E-state index is 12.3. The van der Waals surface area contributed by atoms with Crippen LogP contribution in [0.25, 0.3) is 0 Å². The summed E-state index contributed by atoms with van der Waals surface area (Å²) in [5.41, 5.74) is 8.03. The van der Waals surface area contributed by atoms with Crippen LogP contribution in [-0.4, -0.2) is 29.4 Å². The molecule has 2 rings (SSSR count). The molecule has 5 heteroatoms. The zero-order valence-electron chi connectivity index (χ0n) is 16.1. The van der Waals surface area contributed by atoms with Gasteiger partial charge in [-0.3, -0.25) is 10.2 Å². The van der Waals surface area contributed by atoms with E-state index in [0.29, 0.717) is 13.1 Å². The Morgan fingerprint density at radius 2 is 1.81 bits per heavy atom. The third kappa shape index (κ3) is 6.36. The Morgan fingerprint density at radius 3 is 2.50 bits per heavy atom. The molecule has 1 atom stereocenters. The van der Waals surface area contributed by atoms with Gasteiger partial charge < -0.3 is 16.0 Å².